The number of aromatic nitrogens is 2. The minimum atomic E-state index is -0.851. The van der Waals surface area contributed by atoms with E-state index in [0.717, 1.165) is 19.4 Å². The van der Waals surface area contributed by atoms with Crippen molar-refractivity contribution in [3.63, 3.8) is 0 Å². The third-order valence-electron chi connectivity index (χ3n) is 5.61. The first-order valence-electron chi connectivity index (χ1n) is 12.8. The van der Waals surface area contributed by atoms with E-state index in [-0.39, 0.29) is 17.8 Å². The number of carbonyl (C=O) groups is 1. The first-order chi connectivity index (χ1) is 18.2. The molecule has 9 nitrogen and oxygen atoms in total. The summed E-state index contributed by atoms with van der Waals surface area (Å²) in [5, 5.41) is 19.8. The maximum Gasteiger partial charge on any atom is 0.246 e. The molecular formula is C28H40FN7O2. The summed E-state index contributed by atoms with van der Waals surface area (Å²) in [5.74, 6) is 6.72. The van der Waals surface area contributed by atoms with Crippen molar-refractivity contribution in [2.75, 3.05) is 51.4 Å². The van der Waals surface area contributed by atoms with Crippen LogP contribution in [-0.4, -0.2) is 83.8 Å². The van der Waals surface area contributed by atoms with Crippen LogP contribution in [0.4, 0.5) is 21.8 Å². The minimum Gasteiger partial charge on any atom is -0.376 e. The van der Waals surface area contributed by atoms with Crippen molar-refractivity contribution in [2.24, 2.45) is 0 Å². The highest BCUT2D eigenvalue weighted by molar-refractivity contribution is 5.87. The predicted octanol–water partition coefficient (Wildman–Crippen LogP) is 3.19. The summed E-state index contributed by atoms with van der Waals surface area (Å²) in [7, 11) is 5.54. The number of nitrogens with one attached hydrogen (secondary N) is 3. The number of nitrogens with zero attached hydrogens (tertiary/aromatic N) is 4. The fraction of sp³-hybridized carbons (Fsp3) is 0.464. The van der Waals surface area contributed by atoms with Gasteiger partial charge in [0.15, 0.2) is 0 Å². The molecular weight excluding hydrogens is 485 g/mol. The first kappa shape index (κ1) is 30.7. The molecule has 0 radical (unpaired) electrons. The molecule has 1 aromatic carbocycles. The predicted molar refractivity (Wildman–Crippen MR) is 151 cm³/mol. The largest absolute Gasteiger partial charge is 0.376 e. The molecule has 1 amide bonds. The normalized spacial score (nSPS) is 12.6. The summed E-state index contributed by atoms with van der Waals surface area (Å²) in [6.07, 6.45) is 6.35. The van der Waals surface area contributed by atoms with E-state index in [1.165, 1.54) is 23.1 Å². The molecule has 0 saturated carbocycles. The fourth-order valence-electron chi connectivity index (χ4n) is 3.26. The van der Waals surface area contributed by atoms with Gasteiger partial charge in [-0.15, -0.1) is 0 Å². The SMILES string of the molecule is CCCNc1nc(Nc2cccc(F)c2)ncc1C#CCCCN[C@@H](O)[C@H](C)N(C)C(=O)/C=C/CN(C)C. The van der Waals surface area contributed by atoms with Crippen molar-refractivity contribution < 1.29 is 14.3 Å². The van der Waals surface area contributed by atoms with Gasteiger partial charge in [0.1, 0.15) is 17.9 Å². The van der Waals surface area contributed by atoms with Crippen LogP contribution in [0.3, 0.4) is 0 Å². The Morgan fingerprint density at radius 3 is 2.76 bits per heavy atom. The Morgan fingerprint density at radius 2 is 2.05 bits per heavy atom. The minimum absolute atomic E-state index is 0.155. The second-order valence-electron chi connectivity index (χ2n) is 9.18. The number of likely N-dealkylation sites (N-methyl/N-ethyl adjacent to an activating group) is 2. The lowest BCUT2D eigenvalue weighted by atomic mass is 10.2. The molecule has 1 heterocycles. The molecule has 0 spiro atoms. The number of aliphatic hydroxyl groups excluding tert-OH is 1. The van der Waals surface area contributed by atoms with Gasteiger partial charge in [0, 0.05) is 38.3 Å². The van der Waals surface area contributed by atoms with Gasteiger partial charge in [0.2, 0.25) is 11.9 Å². The number of anilines is 3. The zero-order valence-corrected chi connectivity index (χ0v) is 23.0. The molecule has 2 atom stereocenters. The highest BCUT2D eigenvalue weighted by Crippen LogP contribution is 2.18. The Kier molecular flexibility index (Phi) is 13.2. The number of carbonyl (C=O) groups excluding carboxylic acids is 1. The number of aliphatic hydroxyl groups is 1. The fourth-order valence-corrected chi connectivity index (χ4v) is 3.26. The molecule has 206 valence electrons. The van der Waals surface area contributed by atoms with Crippen molar-refractivity contribution in [1.29, 1.82) is 0 Å². The van der Waals surface area contributed by atoms with E-state index in [2.05, 4.69) is 44.7 Å². The lowest BCUT2D eigenvalue weighted by Gasteiger charge is -2.28. The van der Waals surface area contributed by atoms with Crippen LogP contribution >= 0.6 is 0 Å². The molecule has 0 fully saturated rings. The number of unbranched alkanes of at least 4 members (excludes halogenated alkanes) is 1. The number of benzene rings is 1. The first-order valence-corrected chi connectivity index (χ1v) is 12.8. The standard InChI is InChI=1S/C28H40FN7O2/c1-6-16-30-26-22(20-32-28(34-26)33-24-14-10-13-23(29)19-24)12-8-7-9-17-31-27(38)21(2)36(5)25(37)15-11-18-35(3)4/h10-11,13-15,19-21,27,31,38H,6-7,9,16-18H2,1-5H3,(H2,30,32,33,34)/b15-11+/t21-,27-/m0/s1. The summed E-state index contributed by atoms with van der Waals surface area (Å²) < 4.78 is 13.5. The van der Waals surface area contributed by atoms with Gasteiger partial charge in [0.05, 0.1) is 17.8 Å². The summed E-state index contributed by atoms with van der Waals surface area (Å²) >= 11 is 0. The average molecular weight is 526 g/mol. The van der Waals surface area contributed by atoms with Gasteiger partial charge in [-0.1, -0.05) is 30.9 Å². The monoisotopic (exact) mass is 525 g/mol. The second kappa shape index (κ2) is 16.3. The number of rotatable bonds is 14. The van der Waals surface area contributed by atoms with Crippen LogP contribution < -0.4 is 16.0 Å². The van der Waals surface area contributed by atoms with Crippen LogP contribution in [0.5, 0.6) is 0 Å². The molecule has 0 aliphatic carbocycles. The molecule has 2 aromatic rings. The number of hydrogen-bond donors (Lipinski definition) is 4. The molecule has 1 aromatic heterocycles. The topological polar surface area (TPSA) is 106 Å². The van der Waals surface area contributed by atoms with Gasteiger partial charge >= 0.3 is 0 Å². The summed E-state index contributed by atoms with van der Waals surface area (Å²) in [5.41, 5.74) is 1.23. The quantitative estimate of drug-likeness (QED) is 0.129. The molecule has 4 N–H and O–H groups in total. The van der Waals surface area contributed by atoms with E-state index >= 15 is 0 Å². The van der Waals surface area contributed by atoms with Gasteiger partial charge in [-0.25, -0.2) is 9.37 Å². The van der Waals surface area contributed by atoms with Crippen molar-refractivity contribution in [2.45, 2.75) is 45.4 Å². The van der Waals surface area contributed by atoms with Crippen LogP contribution in [0.15, 0.2) is 42.6 Å². The lowest BCUT2D eigenvalue weighted by Crippen LogP contribution is -2.49. The van der Waals surface area contributed by atoms with Crippen LogP contribution in [0, 0.1) is 17.7 Å². The Labute approximate surface area is 225 Å². The third kappa shape index (κ3) is 10.8. The Hall–Kier alpha value is -3.52. The summed E-state index contributed by atoms with van der Waals surface area (Å²) in [6, 6.07) is 5.72. The molecule has 38 heavy (non-hydrogen) atoms. The zero-order chi connectivity index (χ0) is 27.9. The Balaban J connectivity index is 1.87. The summed E-state index contributed by atoms with van der Waals surface area (Å²) in [6.45, 7) is 5.81. The van der Waals surface area contributed by atoms with E-state index in [1.54, 1.807) is 38.4 Å². The highest BCUT2D eigenvalue weighted by Gasteiger charge is 2.20. The average Bonchev–Trinajstić information content (AvgIpc) is 2.88. The molecule has 0 saturated heterocycles. The lowest BCUT2D eigenvalue weighted by molar-refractivity contribution is -0.129. The Bertz CT molecular complexity index is 1110. The Morgan fingerprint density at radius 1 is 1.26 bits per heavy atom. The van der Waals surface area contributed by atoms with E-state index in [4.69, 9.17) is 0 Å². The third-order valence-corrected chi connectivity index (χ3v) is 5.61. The molecule has 2 rings (SSSR count). The van der Waals surface area contributed by atoms with Gasteiger partial charge < -0.3 is 25.5 Å². The van der Waals surface area contributed by atoms with Crippen LogP contribution in [0.25, 0.3) is 0 Å². The van der Waals surface area contributed by atoms with E-state index in [1.807, 2.05) is 19.0 Å². The smallest absolute Gasteiger partial charge is 0.246 e. The second-order valence-corrected chi connectivity index (χ2v) is 9.18. The van der Waals surface area contributed by atoms with Crippen molar-refractivity contribution in [1.82, 2.24) is 25.1 Å². The maximum atomic E-state index is 13.5. The maximum absolute atomic E-state index is 13.5. The van der Waals surface area contributed by atoms with E-state index < -0.39 is 6.23 Å². The molecule has 0 aliphatic heterocycles. The highest BCUT2D eigenvalue weighted by atomic mass is 19.1. The molecule has 0 bridgehead atoms. The zero-order valence-electron chi connectivity index (χ0n) is 23.0. The van der Waals surface area contributed by atoms with Crippen molar-refractivity contribution >= 4 is 23.4 Å². The number of hydrogen-bond acceptors (Lipinski definition) is 8. The van der Waals surface area contributed by atoms with Gasteiger partial charge in [0.25, 0.3) is 0 Å². The molecule has 0 aliphatic rings. The molecule has 0 unspecified atom stereocenters. The van der Waals surface area contributed by atoms with E-state index in [0.29, 0.717) is 42.5 Å². The van der Waals surface area contributed by atoms with Crippen LogP contribution in [0.2, 0.25) is 0 Å². The van der Waals surface area contributed by atoms with Crippen LogP contribution in [0.1, 0.15) is 38.7 Å². The number of halogens is 1. The van der Waals surface area contributed by atoms with Crippen molar-refractivity contribution in [3.8, 4) is 11.8 Å². The van der Waals surface area contributed by atoms with Crippen molar-refractivity contribution in [3.05, 3.63) is 54.0 Å². The van der Waals surface area contributed by atoms with Gasteiger partial charge in [-0.3, -0.25) is 10.1 Å². The van der Waals surface area contributed by atoms with E-state index in [9.17, 15) is 14.3 Å². The summed E-state index contributed by atoms with van der Waals surface area (Å²) in [4.78, 5) is 24.6. The van der Waals surface area contributed by atoms with Crippen LogP contribution in [-0.2, 0) is 4.79 Å². The molecule has 10 heteroatoms. The number of amides is 1. The van der Waals surface area contributed by atoms with Gasteiger partial charge in [-0.2, -0.15) is 4.98 Å². The van der Waals surface area contributed by atoms with Gasteiger partial charge in [-0.05, 0) is 58.6 Å².